The molecule has 1 aliphatic rings. The van der Waals surface area contributed by atoms with Crippen LogP contribution in [0.1, 0.15) is 45.7 Å². The Balaban J connectivity index is 1.67. The van der Waals surface area contributed by atoms with E-state index >= 15 is 8.78 Å². The number of oxime groups is 1. The van der Waals surface area contributed by atoms with Crippen molar-refractivity contribution < 1.29 is 23.2 Å². The van der Waals surface area contributed by atoms with Crippen molar-refractivity contribution in [2.45, 2.75) is 65.0 Å². The highest BCUT2D eigenvalue weighted by molar-refractivity contribution is 6.99. The zero-order chi connectivity index (χ0) is 31.5. The second-order valence-electron chi connectivity index (χ2n) is 12.3. The molecule has 0 unspecified atom stereocenters. The first kappa shape index (κ1) is 31.5. The second-order valence-corrected chi connectivity index (χ2v) is 16.6. The van der Waals surface area contributed by atoms with Gasteiger partial charge in [-0.15, -0.1) is 0 Å². The van der Waals surface area contributed by atoms with Crippen LogP contribution in [0, 0.1) is 11.6 Å². The van der Waals surface area contributed by atoms with Gasteiger partial charge in [-0.25, -0.2) is 18.4 Å². The van der Waals surface area contributed by atoms with E-state index in [0.29, 0.717) is 18.7 Å². The molecule has 0 aliphatic carbocycles. The molecule has 2 atom stereocenters. The summed E-state index contributed by atoms with van der Waals surface area (Å²) in [6, 6.07) is 21.8. The van der Waals surface area contributed by atoms with Gasteiger partial charge >= 0.3 is 0 Å². The third kappa shape index (κ3) is 6.17. The summed E-state index contributed by atoms with van der Waals surface area (Å²) in [5, 5.41) is 19.1. The van der Waals surface area contributed by atoms with E-state index in [4.69, 9.17) is 9.16 Å². The number of hydrogen-bond acceptors (Lipinski definition) is 7. The Morgan fingerprint density at radius 3 is 2.09 bits per heavy atom. The van der Waals surface area contributed by atoms with Crippen LogP contribution in [0.15, 0.2) is 84.5 Å². The molecule has 44 heavy (non-hydrogen) atoms. The van der Waals surface area contributed by atoms with E-state index in [1.54, 1.807) is 6.07 Å². The van der Waals surface area contributed by atoms with Gasteiger partial charge in [-0.2, -0.15) is 5.10 Å². The van der Waals surface area contributed by atoms with Crippen molar-refractivity contribution in [2.24, 2.45) is 5.16 Å². The van der Waals surface area contributed by atoms with Crippen molar-refractivity contribution in [1.82, 2.24) is 14.8 Å². The lowest BCUT2D eigenvalue weighted by molar-refractivity contribution is -0.00553. The van der Waals surface area contributed by atoms with Gasteiger partial charge < -0.3 is 19.3 Å². The molecular formula is C33H39F2N5O3Si. The first-order valence-electron chi connectivity index (χ1n) is 14.7. The fourth-order valence-corrected chi connectivity index (χ4v) is 10.8. The van der Waals surface area contributed by atoms with Crippen molar-refractivity contribution >= 4 is 30.1 Å². The van der Waals surface area contributed by atoms with Gasteiger partial charge in [0.1, 0.15) is 18.4 Å². The average Bonchev–Trinajstić information content (AvgIpc) is 3.51. The Morgan fingerprint density at radius 1 is 1.00 bits per heavy atom. The number of nitrogens with zero attached hydrogens (tertiary/aromatic N) is 5. The molecule has 1 aliphatic heterocycles. The molecule has 11 heteroatoms. The zero-order valence-corrected chi connectivity index (χ0v) is 26.7. The van der Waals surface area contributed by atoms with Crippen LogP contribution in [-0.2, 0) is 22.3 Å². The summed E-state index contributed by atoms with van der Waals surface area (Å²) in [6.07, 6.45) is 2.36. The van der Waals surface area contributed by atoms with Crippen molar-refractivity contribution in [3.8, 4) is 0 Å². The maximum Gasteiger partial charge on any atom is 0.261 e. The molecule has 1 fully saturated rings. The first-order valence-corrected chi connectivity index (χ1v) is 16.7. The highest BCUT2D eigenvalue weighted by atomic mass is 28.4. The molecule has 0 spiro atoms. The third-order valence-electron chi connectivity index (χ3n) is 8.07. The maximum absolute atomic E-state index is 16.4. The molecule has 1 N–H and O–H groups in total. The van der Waals surface area contributed by atoms with Crippen molar-refractivity contribution in [3.05, 3.63) is 102 Å². The molecule has 0 bridgehead atoms. The average molecular weight is 620 g/mol. The minimum absolute atomic E-state index is 0.00499. The van der Waals surface area contributed by atoms with Crippen molar-refractivity contribution in [3.63, 3.8) is 0 Å². The SMILES string of the molecule is C[C@@H]1CN(c2c(CO[Si](c3ccccc3)(c3ccccc3)C(C)(C)C)cc(C(Cn3cncn3)=NO)c(F)c2F)C[C@H](C)O1. The van der Waals surface area contributed by atoms with Crippen molar-refractivity contribution in [1.29, 1.82) is 0 Å². The molecule has 232 valence electrons. The summed E-state index contributed by atoms with van der Waals surface area (Å²) in [4.78, 5) is 5.73. The maximum atomic E-state index is 16.4. The van der Waals surface area contributed by atoms with Crippen LogP contribution in [0.25, 0.3) is 0 Å². The van der Waals surface area contributed by atoms with Crippen LogP contribution >= 0.6 is 0 Å². The van der Waals surface area contributed by atoms with E-state index in [9.17, 15) is 5.21 Å². The van der Waals surface area contributed by atoms with Gasteiger partial charge in [-0.05, 0) is 35.3 Å². The van der Waals surface area contributed by atoms with Crippen LogP contribution in [0.2, 0.25) is 5.04 Å². The summed E-state index contributed by atoms with van der Waals surface area (Å²) in [5.74, 6) is -2.13. The van der Waals surface area contributed by atoms with Gasteiger partial charge in [0, 0.05) is 24.2 Å². The standard InChI is InChI=1S/C33H39F2N5O3Si/c1-23-17-39(18-24(2)43-23)32-25(16-28(30(34)31(32)35)29(38-41)19-40-22-36-21-37-40)20-42-44(33(3,4)5,26-12-8-6-9-13-26)27-14-10-7-11-15-27/h6-16,21-24,41H,17-20H2,1-5H3/t23-,24+. The summed E-state index contributed by atoms with van der Waals surface area (Å²) >= 11 is 0. The van der Waals surface area contributed by atoms with Crippen LogP contribution < -0.4 is 15.3 Å². The monoisotopic (exact) mass is 619 g/mol. The van der Waals surface area contributed by atoms with Gasteiger partial charge in [0.25, 0.3) is 8.32 Å². The summed E-state index contributed by atoms with van der Waals surface area (Å²) < 4.78 is 46.8. The fraction of sp³-hybridized carbons (Fsp3) is 0.364. The molecular weight excluding hydrogens is 580 g/mol. The molecule has 1 saturated heterocycles. The lowest BCUT2D eigenvalue weighted by atomic mass is 10.0. The quantitative estimate of drug-likeness (QED) is 0.121. The van der Waals surface area contributed by atoms with E-state index in [-0.39, 0.29) is 47.4 Å². The third-order valence-corrected chi connectivity index (χ3v) is 13.0. The number of hydrogen-bond donors (Lipinski definition) is 1. The Morgan fingerprint density at radius 2 is 1.59 bits per heavy atom. The molecule has 2 heterocycles. The van der Waals surface area contributed by atoms with Crippen LogP contribution in [0.4, 0.5) is 14.5 Å². The molecule has 1 aromatic heterocycles. The number of aromatic nitrogens is 3. The van der Waals surface area contributed by atoms with E-state index < -0.39 is 20.0 Å². The van der Waals surface area contributed by atoms with E-state index in [1.807, 2.05) is 55.1 Å². The summed E-state index contributed by atoms with van der Waals surface area (Å²) in [6.45, 7) is 11.0. The number of benzene rings is 3. The predicted molar refractivity (Wildman–Crippen MR) is 169 cm³/mol. The van der Waals surface area contributed by atoms with Crippen LogP contribution in [0.3, 0.4) is 0 Å². The minimum atomic E-state index is -3.03. The van der Waals surface area contributed by atoms with E-state index in [2.05, 4.69) is 60.3 Å². The fourth-order valence-electron chi connectivity index (χ4n) is 6.28. The Labute approximate surface area is 258 Å². The van der Waals surface area contributed by atoms with Gasteiger partial charge in [0.2, 0.25) is 0 Å². The summed E-state index contributed by atoms with van der Waals surface area (Å²) in [7, 11) is -3.03. The Bertz CT molecular complexity index is 1530. The number of morpholine rings is 1. The van der Waals surface area contributed by atoms with E-state index in [1.165, 1.54) is 17.3 Å². The number of ether oxygens (including phenoxy) is 1. The normalized spacial score (nSPS) is 18.1. The molecule has 8 nitrogen and oxygen atoms in total. The largest absolute Gasteiger partial charge is 0.411 e. The molecule has 0 saturated carbocycles. The van der Waals surface area contributed by atoms with E-state index in [0.717, 1.165) is 10.4 Å². The topological polar surface area (TPSA) is 85.0 Å². The van der Waals surface area contributed by atoms with Gasteiger partial charge in [0.15, 0.2) is 11.6 Å². The molecule has 0 radical (unpaired) electrons. The Hall–Kier alpha value is -3.93. The van der Waals surface area contributed by atoms with Crippen LogP contribution in [-0.4, -0.2) is 59.3 Å². The van der Waals surface area contributed by atoms with Crippen molar-refractivity contribution in [2.75, 3.05) is 18.0 Å². The lowest BCUT2D eigenvalue weighted by Crippen LogP contribution is -2.66. The van der Waals surface area contributed by atoms with Crippen LogP contribution in [0.5, 0.6) is 0 Å². The number of halogens is 2. The molecule has 4 aromatic rings. The number of anilines is 1. The summed E-state index contributed by atoms with van der Waals surface area (Å²) in [5.41, 5.74) is 0.325. The highest BCUT2D eigenvalue weighted by Gasteiger charge is 2.50. The highest BCUT2D eigenvalue weighted by Crippen LogP contribution is 2.39. The Kier molecular flexibility index (Phi) is 9.28. The van der Waals surface area contributed by atoms with Gasteiger partial charge in [-0.1, -0.05) is 86.6 Å². The zero-order valence-electron chi connectivity index (χ0n) is 25.7. The van der Waals surface area contributed by atoms with Gasteiger partial charge in [0.05, 0.1) is 31.0 Å². The molecule has 3 aromatic carbocycles. The second kappa shape index (κ2) is 13.0. The smallest absolute Gasteiger partial charge is 0.261 e. The molecule has 0 amide bonds. The number of rotatable bonds is 9. The predicted octanol–water partition coefficient (Wildman–Crippen LogP) is 5.13. The lowest BCUT2D eigenvalue weighted by Gasteiger charge is -2.43. The minimum Gasteiger partial charge on any atom is -0.411 e. The van der Waals surface area contributed by atoms with Gasteiger partial charge in [-0.3, -0.25) is 0 Å². The molecule has 5 rings (SSSR count). The first-order chi connectivity index (χ1) is 21.0.